The molecule has 1 aromatic carbocycles. The van der Waals surface area contributed by atoms with Crippen LogP contribution in [0.15, 0.2) is 36.8 Å². The molecular formula is C16H14ClN5OS. The highest BCUT2D eigenvalue weighted by Crippen LogP contribution is 2.27. The normalized spacial score (nSPS) is 10.6. The number of nitrogens with zero attached hydrogens (tertiary/aromatic N) is 3. The first-order valence-electron chi connectivity index (χ1n) is 7.11. The van der Waals surface area contributed by atoms with Crippen molar-refractivity contribution in [2.24, 2.45) is 0 Å². The summed E-state index contributed by atoms with van der Waals surface area (Å²) in [5.74, 6) is -0.353. The highest BCUT2D eigenvalue weighted by molar-refractivity contribution is 7.15. The molecule has 0 radical (unpaired) electrons. The lowest BCUT2D eigenvalue weighted by molar-refractivity contribution is 0.102. The second kappa shape index (κ2) is 6.94. The van der Waals surface area contributed by atoms with Crippen LogP contribution in [0.25, 0.3) is 0 Å². The predicted molar refractivity (Wildman–Crippen MR) is 95.5 cm³/mol. The van der Waals surface area contributed by atoms with Gasteiger partial charge in [-0.15, -0.1) is 11.3 Å². The van der Waals surface area contributed by atoms with E-state index >= 15 is 0 Å². The molecule has 0 saturated carbocycles. The zero-order valence-electron chi connectivity index (χ0n) is 12.8. The van der Waals surface area contributed by atoms with Crippen LogP contribution < -0.4 is 11.1 Å². The molecule has 2 heterocycles. The van der Waals surface area contributed by atoms with Gasteiger partial charge in [-0.3, -0.25) is 10.1 Å². The fourth-order valence-corrected chi connectivity index (χ4v) is 3.18. The van der Waals surface area contributed by atoms with Crippen molar-refractivity contribution in [3.63, 3.8) is 0 Å². The molecule has 0 aliphatic rings. The summed E-state index contributed by atoms with van der Waals surface area (Å²) in [6.07, 6.45) is 5.22. The molecule has 3 aromatic rings. The number of nitrogens with one attached hydrogen (secondary N) is 1. The number of hydrogen-bond donors (Lipinski definition) is 2. The average Bonchev–Trinajstić information content (AvgIpc) is 2.99. The van der Waals surface area contributed by atoms with E-state index in [4.69, 9.17) is 17.3 Å². The topological polar surface area (TPSA) is 93.8 Å². The molecule has 2 aromatic heterocycles. The van der Waals surface area contributed by atoms with Gasteiger partial charge in [-0.05, 0) is 18.1 Å². The molecule has 3 rings (SSSR count). The zero-order chi connectivity index (χ0) is 17.1. The summed E-state index contributed by atoms with van der Waals surface area (Å²) in [4.78, 5) is 25.1. The number of rotatable bonds is 4. The molecule has 0 bridgehead atoms. The van der Waals surface area contributed by atoms with Crippen LogP contribution >= 0.6 is 22.9 Å². The second-order valence-corrected chi connectivity index (χ2v) is 6.59. The first-order valence-corrected chi connectivity index (χ1v) is 8.30. The molecule has 0 fully saturated rings. The predicted octanol–water partition coefficient (Wildman–Crippen LogP) is 3.32. The highest BCUT2D eigenvalue weighted by atomic mass is 35.5. The van der Waals surface area contributed by atoms with Gasteiger partial charge in [0.05, 0.1) is 0 Å². The summed E-state index contributed by atoms with van der Waals surface area (Å²) in [6, 6.07) is 5.92. The monoisotopic (exact) mass is 359 g/mol. The minimum atomic E-state index is -0.435. The smallest absolute Gasteiger partial charge is 0.279 e. The van der Waals surface area contributed by atoms with Crippen LogP contribution in [0.5, 0.6) is 0 Å². The third kappa shape index (κ3) is 3.52. The van der Waals surface area contributed by atoms with E-state index < -0.39 is 5.91 Å². The number of nitrogen functional groups attached to an aromatic ring is 1. The number of aryl methyl sites for hydroxylation is 1. The van der Waals surface area contributed by atoms with Crippen molar-refractivity contribution in [2.45, 2.75) is 13.3 Å². The number of aromatic nitrogens is 3. The lowest BCUT2D eigenvalue weighted by Crippen LogP contribution is -2.16. The molecule has 0 unspecified atom stereocenters. The molecule has 0 saturated heterocycles. The van der Waals surface area contributed by atoms with Crippen LogP contribution in [0.3, 0.4) is 0 Å². The summed E-state index contributed by atoms with van der Waals surface area (Å²) in [6.45, 7) is 1.97. The van der Waals surface area contributed by atoms with E-state index in [-0.39, 0.29) is 11.5 Å². The lowest BCUT2D eigenvalue weighted by atomic mass is 10.1. The van der Waals surface area contributed by atoms with E-state index in [0.717, 1.165) is 21.0 Å². The van der Waals surface area contributed by atoms with Gasteiger partial charge in [0.25, 0.3) is 5.91 Å². The minimum Gasteiger partial charge on any atom is -0.382 e. The SMILES string of the molecule is Cc1cccc(Cc2cnc(NC(=O)c3nccnc3N)s2)c1Cl. The quantitative estimate of drug-likeness (QED) is 0.745. The third-order valence-electron chi connectivity index (χ3n) is 3.35. The number of benzene rings is 1. The molecule has 1 amide bonds. The number of hydrogen-bond acceptors (Lipinski definition) is 6. The first kappa shape index (κ1) is 16.4. The Kier molecular flexibility index (Phi) is 4.73. The summed E-state index contributed by atoms with van der Waals surface area (Å²) >= 11 is 7.70. The number of thiazole rings is 1. The lowest BCUT2D eigenvalue weighted by Gasteiger charge is -2.04. The van der Waals surface area contributed by atoms with Gasteiger partial charge in [-0.2, -0.15) is 0 Å². The van der Waals surface area contributed by atoms with E-state index in [1.54, 1.807) is 6.20 Å². The van der Waals surface area contributed by atoms with Crippen molar-refractivity contribution in [3.8, 4) is 0 Å². The maximum Gasteiger partial charge on any atom is 0.279 e. The Labute approximate surface area is 147 Å². The summed E-state index contributed by atoms with van der Waals surface area (Å²) in [5.41, 5.74) is 7.78. The van der Waals surface area contributed by atoms with Gasteiger partial charge >= 0.3 is 0 Å². The molecule has 3 N–H and O–H groups in total. The molecule has 122 valence electrons. The first-order chi connectivity index (χ1) is 11.5. The van der Waals surface area contributed by atoms with Gasteiger partial charge in [-0.25, -0.2) is 15.0 Å². The van der Waals surface area contributed by atoms with Crippen molar-refractivity contribution < 1.29 is 4.79 Å². The van der Waals surface area contributed by atoms with E-state index in [1.807, 2.05) is 25.1 Å². The zero-order valence-corrected chi connectivity index (χ0v) is 14.4. The second-order valence-electron chi connectivity index (χ2n) is 5.10. The Hall–Kier alpha value is -2.51. The Morgan fingerprint density at radius 1 is 1.29 bits per heavy atom. The van der Waals surface area contributed by atoms with Crippen LogP contribution in [0.4, 0.5) is 10.9 Å². The third-order valence-corrected chi connectivity index (χ3v) is 4.81. The average molecular weight is 360 g/mol. The number of nitrogens with two attached hydrogens (primary N) is 1. The standard InChI is InChI=1S/C16H14ClN5OS/c1-9-3-2-4-10(12(9)17)7-11-8-21-16(24-11)22-15(23)13-14(18)20-6-5-19-13/h2-6,8H,7H2,1H3,(H2,18,20)(H,21,22,23). The number of amides is 1. The van der Waals surface area contributed by atoms with Crippen molar-refractivity contribution in [1.82, 2.24) is 15.0 Å². The van der Waals surface area contributed by atoms with Crippen LogP contribution in [-0.2, 0) is 6.42 Å². The Bertz CT molecular complexity index is 896. The molecule has 0 atom stereocenters. The van der Waals surface area contributed by atoms with Gasteiger partial charge in [0.1, 0.15) is 0 Å². The number of anilines is 2. The molecule has 8 heteroatoms. The maximum atomic E-state index is 12.2. The maximum absolute atomic E-state index is 12.2. The fourth-order valence-electron chi connectivity index (χ4n) is 2.16. The van der Waals surface area contributed by atoms with Gasteiger partial charge in [0.2, 0.25) is 0 Å². The van der Waals surface area contributed by atoms with Crippen molar-refractivity contribution in [1.29, 1.82) is 0 Å². The van der Waals surface area contributed by atoms with E-state index in [2.05, 4.69) is 20.3 Å². The Balaban J connectivity index is 1.73. The van der Waals surface area contributed by atoms with Gasteiger partial charge in [0.15, 0.2) is 16.6 Å². The largest absolute Gasteiger partial charge is 0.382 e. The molecule has 0 spiro atoms. The Morgan fingerprint density at radius 2 is 2.08 bits per heavy atom. The van der Waals surface area contributed by atoms with E-state index in [9.17, 15) is 4.79 Å². The van der Waals surface area contributed by atoms with Gasteiger partial charge < -0.3 is 5.73 Å². The van der Waals surface area contributed by atoms with Crippen LogP contribution in [0.2, 0.25) is 5.02 Å². The molecule has 6 nitrogen and oxygen atoms in total. The van der Waals surface area contributed by atoms with Crippen molar-refractivity contribution in [3.05, 3.63) is 63.5 Å². The van der Waals surface area contributed by atoms with Crippen molar-refractivity contribution in [2.75, 3.05) is 11.1 Å². The van der Waals surface area contributed by atoms with Crippen LogP contribution in [-0.4, -0.2) is 20.9 Å². The van der Waals surface area contributed by atoms with Crippen molar-refractivity contribution >= 4 is 39.8 Å². The van der Waals surface area contributed by atoms with Crippen LogP contribution in [0.1, 0.15) is 26.5 Å². The van der Waals surface area contributed by atoms with Crippen LogP contribution in [0, 0.1) is 6.92 Å². The van der Waals surface area contributed by atoms with Gasteiger partial charge in [0, 0.05) is 34.9 Å². The number of carbonyl (C=O) groups is 1. The fraction of sp³-hybridized carbons (Fsp3) is 0.125. The summed E-state index contributed by atoms with van der Waals surface area (Å²) in [7, 11) is 0. The highest BCUT2D eigenvalue weighted by Gasteiger charge is 2.14. The van der Waals surface area contributed by atoms with Gasteiger partial charge in [-0.1, -0.05) is 29.8 Å². The van der Waals surface area contributed by atoms with E-state index in [0.29, 0.717) is 11.6 Å². The Morgan fingerprint density at radius 3 is 2.88 bits per heavy atom. The molecule has 24 heavy (non-hydrogen) atoms. The number of halogens is 1. The molecule has 0 aliphatic carbocycles. The summed E-state index contributed by atoms with van der Waals surface area (Å²) in [5, 5.41) is 3.91. The van der Waals surface area contributed by atoms with E-state index in [1.165, 1.54) is 23.7 Å². The molecular weight excluding hydrogens is 346 g/mol. The summed E-state index contributed by atoms with van der Waals surface area (Å²) < 4.78 is 0. The minimum absolute atomic E-state index is 0.0796. The molecule has 0 aliphatic heterocycles. The number of carbonyl (C=O) groups excluding carboxylic acids is 1.